The second-order valence-electron chi connectivity index (χ2n) is 7.95. The van der Waals surface area contributed by atoms with Crippen LogP contribution in [-0.2, 0) is 28.4 Å². The van der Waals surface area contributed by atoms with Crippen LogP contribution < -0.4 is 16.0 Å². The number of methoxy groups -OCH3 is 1. The van der Waals surface area contributed by atoms with Crippen LogP contribution in [0, 0.1) is 0 Å². The summed E-state index contributed by atoms with van der Waals surface area (Å²) in [6, 6.07) is 1.49. The van der Waals surface area contributed by atoms with Crippen molar-refractivity contribution in [1.29, 1.82) is 0 Å². The van der Waals surface area contributed by atoms with Crippen molar-refractivity contribution in [2.45, 2.75) is 32.8 Å². The molecule has 0 aliphatic rings. The van der Waals surface area contributed by atoms with Crippen molar-refractivity contribution >= 4 is 35.4 Å². The lowest BCUT2D eigenvalue weighted by atomic mass is 10.2. The molecule has 32 heavy (non-hydrogen) atoms. The van der Waals surface area contributed by atoms with E-state index in [4.69, 9.17) is 4.74 Å². The molecule has 0 spiro atoms. The minimum absolute atomic E-state index is 0.0312. The van der Waals surface area contributed by atoms with Crippen molar-refractivity contribution in [1.82, 2.24) is 19.4 Å². The molecule has 2 aromatic rings. The average molecular weight is 448 g/mol. The number of anilines is 2. The fraction of sp³-hybridized carbons (Fsp3) is 0.450. The van der Waals surface area contributed by atoms with Gasteiger partial charge in [0.1, 0.15) is 11.3 Å². The molecule has 0 aliphatic heterocycles. The molecule has 2 rings (SSSR count). The Kier molecular flexibility index (Phi) is 7.63. The van der Waals surface area contributed by atoms with E-state index in [1.54, 1.807) is 41.1 Å². The summed E-state index contributed by atoms with van der Waals surface area (Å²) >= 11 is 0. The normalized spacial score (nSPS) is 10.9. The monoisotopic (exact) mass is 448 g/mol. The van der Waals surface area contributed by atoms with Gasteiger partial charge in [-0.05, 0) is 26.8 Å². The Labute approximate surface area is 185 Å². The smallest absolute Gasteiger partial charge is 0.412 e. The molecule has 174 valence electrons. The van der Waals surface area contributed by atoms with Gasteiger partial charge in [-0.1, -0.05) is 0 Å². The summed E-state index contributed by atoms with van der Waals surface area (Å²) in [7, 11) is 4.51. The van der Waals surface area contributed by atoms with Crippen molar-refractivity contribution in [3.05, 3.63) is 30.0 Å². The molecule has 0 bridgehead atoms. The maximum absolute atomic E-state index is 12.7. The predicted octanol–water partition coefficient (Wildman–Crippen LogP) is 1.65. The second-order valence-corrected chi connectivity index (χ2v) is 7.95. The van der Waals surface area contributed by atoms with Gasteiger partial charge < -0.3 is 29.2 Å². The average Bonchev–Trinajstić information content (AvgIpc) is 3.21. The maximum atomic E-state index is 12.7. The second kappa shape index (κ2) is 9.98. The standard InChI is InChI=1S/C20H28N6O6/c1-20(2,3)32-19(30)22-12-9-13(25(4)10-12)17(28)24-14-11-26(5)16(23-14)18(29)21-8-7-15(27)31-6/h9-11H,7-8H2,1-6H3,(H,21,29)(H,22,30)(H,24,28). The Bertz CT molecular complexity index is 1020. The quantitative estimate of drug-likeness (QED) is 0.546. The molecule has 2 heterocycles. The third-order valence-corrected chi connectivity index (χ3v) is 4.05. The molecular weight excluding hydrogens is 420 g/mol. The third-order valence-electron chi connectivity index (χ3n) is 4.05. The van der Waals surface area contributed by atoms with Crippen molar-refractivity contribution in [3.63, 3.8) is 0 Å². The number of carbonyl (C=O) groups excluding carboxylic acids is 4. The summed E-state index contributed by atoms with van der Waals surface area (Å²) in [5.41, 5.74) is -0.00848. The molecule has 0 atom stereocenters. The van der Waals surface area contributed by atoms with Gasteiger partial charge >= 0.3 is 12.1 Å². The lowest BCUT2D eigenvalue weighted by Crippen LogP contribution is -2.28. The number of esters is 1. The Morgan fingerprint density at radius 3 is 2.34 bits per heavy atom. The highest BCUT2D eigenvalue weighted by atomic mass is 16.6. The first-order valence-electron chi connectivity index (χ1n) is 9.75. The highest BCUT2D eigenvalue weighted by Gasteiger charge is 2.20. The Hall–Kier alpha value is -3.83. The first kappa shape index (κ1) is 24.4. The first-order valence-corrected chi connectivity index (χ1v) is 9.75. The number of imidazole rings is 1. The zero-order chi connectivity index (χ0) is 24.1. The van der Waals surface area contributed by atoms with Crippen LogP contribution in [0.3, 0.4) is 0 Å². The number of aromatic nitrogens is 3. The van der Waals surface area contributed by atoms with E-state index in [2.05, 4.69) is 25.7 Å². The molecule has 0 saturated heterocycles. The highest BCUT2D eigenvalue weighted by Crippen LogP contribution is 2.17. The Morgan fingerprint density at radius 2 is 1.72 bits per heavy atom. The largest absolute Gasteiger partial charge is 0.469 e. The van der Waals surface area contributed by atoms with E-state index in [1.165, 1.54) is 28.5 Å². The lowest BCUT2D eigenvalue weighted by molar-refractivity contribution is -0.140. The van der Waals surface area contributed by atoms with Crippen LogP contribution >= 0.6 is 0 Å². The molecule has 12 heteroatoms. The van der Waals surface area contributed by atoms with Gasteiger partial charge in [-0.15, -0.1) is 0 Å². The number of hydrogen-bond acceptors (Lipinski definition) is 7. The number of nitrogens with one attached hydrogen (secondary N) is 3. The van der Waals surface area contributed by atoms with Crippen LogP contribution in [0.2, 0.25) is 0 Å². The summed E-state index contributed by atoms with van der Waals surface area (Å²) in [5.74, 6) is -1.20. The van der Waals surface area contributed by atoms with Crippen LogP contribution in [-0.4, -0.2) is 57.3 Å². The predicted molar refractivity (Wildman–Crippen MR) is 115 cm³/mol. The number of aryl methyl sites for hydroxylation is 2. The van der Waals surface area contributed by atoms with Gasteiger partial charge in [0, 0.05) is 33.0 Å². The molecule has 0 unspecified atom stereocenters. The zero-order valence-corrected chi connectivity index (χ0v) is 18.9. The van der Waals surface area contributed by atoms with E-state index in [-0.39, 0.29) is 30.3 Å². The molecule has 0 radical (unpaired) electrons. The zero-order valence-electron chi connectivity index (χ0n) is 18.9. The summed E-state index contributed by atoms with van der Waals surface area (Å²) in [6.45, 7) is 5.34. The van der Waals surface area contributed by atoms with Crippen LogP contribution in [0.25, 0.3) is 0 Å². The van der Waals surface area contributed by atoms with Crippen molar-refractivity contribution in [3.8, 4) is 0 Å². The number of rotatable bonds is 7. The Balaban J connectivity index is 2.02. The van der Waals surface area contributed by atoms with Gasteiger partial charge in [0.25, 0.3) is 11.8 Å². The van der Waals surface area contributed by atoms with E-state index in [0.717, 1.165) is 0 Å². The molecule has 3 amide bonds. The molecule has 0 fully saturated rings. The van der Waals surface area contributed by atoms with Gasteiger partial charge in [0.05, 0.1) is 19.2 Å². The van der Waals surface area contributed by atoms with Crippen LogP contribution in [0.4, 0.5) is 16.3 Å². The minimum atomic E-state index is -0.651. The molecule has 2 aromatic heterocycles. The molecular formula is C20H28N6O6. The molecule has 12 nitrogen and oxygen atoms in total. The van der Waals surface area contributed by atoms with Gasteiger partial charge in [-0.3, -0.25) is 19.7 Å². The minimum Gasteiger partial charge on any atom is -0.469 e. The Morgan fingerprint density at radius 1 is 1.03 bits per heavy atom. The van der Waals surface area contributed by atoms with E-state index in [0.29, 0.717) is 5.69 Å². The van der Waals surface area contributed by atoms with E-state index in [9.17, 15) is 19.2 Å². The number of ether oxygens (including phenoxy) is 2. The number of nitrogens with zero attached hydrogens (tertiary/aromatic N) is 3. The number of hydrogen-bond donors (Lipinski definition) is 3. The summed E-state index contributed by atoms with van der Waals surface area (Å²) in [6.07, 6.45) is 2.44. The lowest BCUT2D eigenvalue weighted by Gasteiger charge is -2.19. The van der Waals surface area contributed by atoms with E-state index >= 15 is 0 Å². The molecule has 0 aliphatic carbocycles. The summed E-state index contributed by atoms with van der Waals surface area (Å²) in [5, 5.41) is 7.74. The highest BCUT2D eigenvalue weighted by molar-refractivity contribution is 6.04. The fourth-order valence-corrected chi connectivity index (χ4v) is 2.66. The van der Waals surface area contributed by atoms with Crippen LogP contribution in [0.5, 0.6) is 0 Å². The van der Waals surface area contributed by atoms with E-state index in [1.807, 2.05) is 0 Å². The SMILES string of the molecule is COC(=O)CCNC(=O)c1nc(NC(=O)c2cc(NC(=O)OC(C)(C)C)cn2C)cn1C. The molecule has 0 saturated carbocycles. The van der Waals surface area contributed by atoms with Gasteiger partial charge in [-0.2, -0.15) is 0 Å². The van der Waals surface area contributed by atoms with Gasteiger partial charge in [0.2, 0.25) is 5.82 Å². The third kappa shape index (κ3) is 6.86. The number of carbonyl (C=O) groups is 4. The fourth-order valence-electron chi connectivity index (χ4n) is 2.66. The molecule has 3 N–H and O–H groups in total. The van der Waals surface area contributed by atoms with E-state index < -0.39 is 29.5 Å². The van der Waals surface area contributed by atoms with Crippen LogP contribution in [0.15, 0.2) is 18.5 Å². The number of amides is 3. The summed E-state index contributed by atoms with van der Waals surface area (Å²) in [4.78, 5) is 52.1. The van der Waals surface area contributed by atoms with Gasteiger partial charge in [0.15, 0.2) is 5.82 Å². The van der Waals surface area contributed by atoms with Crippen molar-refractivity contribution < 1.29 is 28.7 Å². The van der Waals surface area contributed by atoms with Crippen LogP contribution in [0.1, 0.15) is 48.3 Å². The maximum Gasteiger partial charge on any atom is 0.412 e. The first-order chi connectivity index (χ1) is 14.9. The van der Waals surface area contributed by atoms with Crippen molar-refractivity contribution in [2.24, 2.45) is 14.1 Å². The topological polar surface area (TPSA) is 146 Å². The molecule has 0 aromatic carbocycles. The van der Waals surface area contributed by atoms with Crippen molar-refractivity contribution in [2.75, 3.05) is 24.3 Å². The van der Waals surface area contributed by atoms with Gasteiger partial charge in [-0.25, -0.2) is 9.78 Å². The summed E-state index contributed by atoms with van der Waals surface area (Å²) < 4.78 is 12.7.